The second-order valence-corrected chi connectivity index (χ2v) is 10.9. The van der Waals surface area contributed by atoms with Gasteiger partial charge < -0.3 is 14.4 Å². The van der Waals surface area contributed by atoms with Gasteiger partial charge in [0.1, 0.15) is 23.0 Å². The van der Waals surface area contributed by atoms with E-state index in [1.165, 1.54) is 0 Å². The number of para-hydroxylation sites is 1. The number of benzene rings is 3. The molecule has 0 aliphatic carbocycles. The molecule has 15 heteroatoms. The Hall–Kier alpha value is -4.93. The van der Waals surface area contributed by atoms with Gasteiger partial charge in [0.15, 0.2) is 0 Å². The molecule has 3 aromatic carbocycles. The van der Waals surface area contributed by atoms with Crippen LogP contribution in [0.2, 0.25) is 0 Å². The summed E-state index contributed by atoms with van der Waals surface area (Å²) < 4.78 is 55.4. The first-order valence-electron chi connectivity index (χ1n) is 14.8. The van der Waals surface area contributed by atoms with E-state index < -0.39 is 65.0 Å². The third-order valence-electron chi connectivity index (χ3n) is 7.62. The molecule has 0 fully saturated rings. The van der Waals surface area contributed by atoms with Crippen LogP contribution in [-0.2, 0) is 31.2 Å². The molecule has 0 bridgehead atoms. The van der Waals surface area contributed by atoms with Crippen molar-refractivity contribution in [2.24, 2.45) is 0 Å². The number of carbonyl (C=O) groups excluding carboxylic acids is 2. The van der Waals surface area contributed by atoms with Crippen molar-refractivity contribution in [3.05, 3.63) is 118 Å². The van der Waals surface area contributed by atoms with Crippen molar-refractivity contribution in [3.8, 4) is 6.01 Å². The van der Waals surface area contributed by atoms with Crippen LogP contribution in [0, 0.1) is 31.3 Å². The Morgan fingerprint density at radius 3 is 2.29 bits per heavy atom. The van der Waals surface area contributed by atoms with Crippen molar-refractivity contribution in [2.45, 2.75) is 38.5 Å². The lowest BCUT2D eigenvalue weighted by Crippen LogP contribution is -2.59. The first-order chi connectivity index (χ1) is 23.0. The fourth-order valence-electron chi connectivity index (χ4n) is 5.60. The lowest BCUT2D eigenvalue weighted by molar-refractivity contribution is -0.492. The second kappa shape index (κ2) is 14.9. The van der Waals surface area contributed by atoms with E-state index in [1.54, 1.807) is 74.5 Å². The number of nitrogens with zero attached hydrogens (tertiary/aromatic N) is 4. The summed E-state index contributed by atoms with van der Waals surface area (Å²) in [6.07, 6.45) is -1.57. The Labute approximate surface area is 273 Å². The van der Waals surface area contributed by atoms with Gasteiger partial charge in [-0.2, -0.15) is 0 Å². The molecule has 1 amide bonds. The highest BCUT2D eigenvalue weighted by Gasteiger charge is 2.52. The zero-order valence-corrected chi connectivity index (χ0v) is 25.9. The largest absolute Gasteiger partial charge is 0.463 e. The van der Waals surface area contributed by atoms with Crippen molar-refractivity contribution in [1.29, 1.82) is 0 Å². The molecule has 1 aromatic heterocycles. The van der Waals surface area contributed by atoms with E-state index in [0.29, 0.717) is 34.6 Å². The molecule has 4 aromatic rings. The number of nitrogens with one attached hydrogen (secondary N) is 1. The molecule has 2 heterocycles. The maximum absolute atomic E-state index is 14.9. The molecule has 0 saturated carbocycles. The number of aromatic nitrogens is 2. The second-order valence-electron chi connectivity index (χ2n) is 10.9. The third-order valence-corrected chi connectivity index (χ3v) is 7.62. The van der Waals surface area contributed by atoms with E-state index >= 15 is 0 Å². The van der Waals surface area contributed by atoms with E-state index in [0.717, 1.165) is 4.90 Å². The Morgan fingerprint density at radius 2 is 1.62 bits per heavy atom. The third kappa shape index (κ3) is 7.45. The predicted molar refractivity (Wildman–Crippen MR) is 162 cm³/mol. The van der Waals surface area contributed by atoms with Gasteiger partial charge in [-0.1, -0.05) is 48.5 Å². The fourth-order valence-corrected chi connectivity index (χ4v) is 5.60. The van der Waals surface area contributed by atoms with Crippen LogP contribution >= 0.6 is 0 Å². The number of rotatable bonds is 12. The minimum absolute atomic E-state index is 0.0551. The predicted octanol–water partition coefficient (Wildman–Crippen LogP) is 4.28. The molecular weight excluding hydrogens is 635 g/mol. The summed E-state index contributed by atoms with van der Waals surface area (Å²) in [4.78, 5) is 42.4. The normalized spacial score (nSPS) is 16.8. The van der Waals surface area contributed by atoms with Crippen LogP contribution in [0.1, 0.15) is 34.5 Å². The van der Waals surface area contributed by atoms with Crippen LogP contribution in [0.25, 0.3) is 0 Å². The fraction of sp³-hybridized carbons (Fsp3) is 0.273. The van der Waals surface area contributed by atoms with E-state index in [2.05, 4.69) is 20.1 Å². The molecule has 0 radical (unpaired) electrons. The molecule has 5 rings (SSSR count). The standard InChI is InChI=1S/C33H32F3N5O7/c1-20-15-21(2)39-32(38-20)48-30(31(43)46-13-8-14-47-41(44)45)33(22-9-4-3-5-10-22)25-11-6-7-12-28(25)40(29(42)18-37-33)19-24-26(35)16-23(34)17-27(24)36/h3-7,9-12,15-17,30,37,44-45H,8,13-14,18-19H2,1-2H3/t30-,33+/m1/s1. The number of fused-ring (bicyclic) bond motifs is 1. The van der Waals surface area contributed by atoms with Gasteiger partial charge in [0, 0.05) is 46.8 Å². The molecule has 0 unspecified atom stereocenters. The average Bonchev–Trinajstić information content (AvgIpc) is 3.15. The summed E-state index contributed by atoms with van der Waals surface area (Å²) in [5.41, 5.74) is -0.202. The van der Waals surface area contributed by atoms with Crippen LogP contribution in [0.3, 0.4) is 0 Å². The molecule has 0 saturated heterocycles. The maximum Gasteiger partial charge on any atom is 0.350 e. The number of hydrogen-bond donors (Lipinski definition) is 3. The molecule has 2 atom stereocenters. The van der Waals surface area contributed by atoms with Gasteiger partial charge in [-0.05, 0) is 31.5 Å². The average molecular weight is 668 g/mol. The van der Waals surface area contributed by atoms with Crippen LogP contribution in [0.15, 0.2) is 72.8 Å². The number of carbonyl (C=O) groups is 2. The molecule has 12 nitrogen and oxygen atoms in total. The number of amides is 1. The minimum Gasteiger partial charge on any atom is -0.463 e. The maximum atomic E-state index is 14.9. The van der Waals surface area contributed by atoms with Gasteiger partial charge in [0.2, 0.25) is 12.0 Å². The number of halogens is 3. The monoisotopic (exact) mass is 667 g/mol. The van der Waals surface area contributed by atoms with Gasteiger partial charge in [-0.3, -0.25) is 25.4 Å². The van der Waals surface area contributed by atoms with Crippen molar-refractivity contribution in [2.75, 3.05) is 24.7 Å². The number of ether oxygens (including phenoxy) is 2. The number of aryl methyl sites for hydroxylation is 2. The highest BCUT2D eigenvalue weighted by molar-refractivity contribution is 5.97. The molecule has 3 N–H and O–H groups in total. The van der Waals surface area contributed by atoms with E-state index in [4.69, 9.17) is 19.9 Å². The van der Waals surface area contributed by atoms with Crippen molar-refractivity contribution in [1.82, 2.24) is 20.7 Å². The van der Waals surface area contributed by atoms with Crippen LogP contribution in [-0.4, -0.2) is 63.5 Å². The van der Waals surface area contributed by atoms with Gasteiger partial charge in [-0.15, -0.1) is 0 Å². The van der Waals surface area contributed by atoms with Crippen LogP contribution in [0.4, 0.5) is 18.9 Å². The van der Waals surface area contributed by atoms with Gasteiger partial charge in [0.05, 0.1) is 31.7 Å². The molecule has 1 aliphatic heterocycles. The lowest BCUT2D eigenvalue weighted by atomic mass is 9.77. The van der Waals surface area contributed by atoms with Gasteiger partial charge in [-0.25, -0.2) is 27.9 Å². The molecule has 252 valence electrons. The summed E-state index contributed by atoms with van der Waals surface area (Å²) in [7, 11) is 0. The van der Waals surface area contributed by atoms with Crippen LogP contribution in [0.5, 0.6) is 6.01 Å². The van der Waals surface area contributed by atoms with E-state index in [1.807, 2.05) is 0 Å². The minimum atomic E-state index is -1.70. The topological polar surface area (TPSA) is 147 Å². The molecule has 0 spiro atoms. The Kier molecular flexibility index (Phi) is 10.7. The number of hydrogen-bond acceptors (Lipinski definition) is 11. The number of anilines is 1. The SMILES string of the molecule is Cc1cc(C)nc(O[C@H](C(=O)OCCCON(O)O)[C@@]2(c3ccccc3)NCC(=O)N(Cc3c(F)cc(F)cc3F)c3ccccc32)n1. The van der Waals surface area contributed by atoms with Crippen molar-refractivity contribution < 1.29 is 47.5 Å². The summed E-state index contributed by atoms with van der Waals surface area (Å²) in [5.74, 6) is -4.98. The Morgan fingerprint density at radius 1 is 0.979 bits per heavy atom. The summed E-state index contributed by atoms with van der Waals surface area (Å²) >= 11 is 0. The first kappa shape index (κ1) is 34.4. The lowest BCUT2D eigenvalue weighted by Gasteiger charge is -2.40. The molecular formula is C33H32F3N5O7. The zero-order valence-electron chi connectivity index (χ0n) is 25.9. The van der Waals surface area contributed by atoms with Crippen molar-refractivity contribution >= 4 is 17.6 Å². The summed E-state index contributed by atoms with van der Waals surface area (Å²) in [6, 6.07) is 17.7. The number of esters is 1. The van der Waals surface area contributed by atoms with Crippen molar-refractivity contribution in [3.63, 3.8) is 0 Å². The smallest absolute Gasteiger partial charge is 0.350 e. The van der Waals surface area contributed by atoms with E-state index in [9.17, 15) is 22.8 Å². The highest BCUT2D eigenvalue weighted by atomic mass is 19.1. The summed E-state index contributed by atoms with van der Waals surface area (Å²) in [6.45, 7) is 1.94. The van der Waals surface area contributed by atoms with E-state index in [-0.39, 0.29) is 31.3 Å². The summed E-state index contributed by atoms with van der Waals surface area (Å²) in [5, 5.41) is 20.4. The highest BCUT2D eigenvalue weighted by Crippen LogP contribution is 2.43. The molecule has 1 aliphatic rings. The quantitative estimate of drug-likeness (QED) is 0.113. The first-order valence-corrected chi connectivity index (χ1v) is 14.8. The van der Waals surface area contributed by atoms with Gasteiger partial charge in [0.25, 0.3) is 0 Å². The van der Waals surface area contributed by atoms with Gasteiger partial charge >= 0.3 is 12.0 Å². The van der Waals surface area contributed by atoms with Crippen LogP contribution < -0.4 is 15.0 Å². The zero-order chi connectivity index (χ0) is 34.4. The molecule has 48 heavy (non-hydrogen) atoms. The Bertz CT molecular complexity index is 1740. The Balaban J connectivity index is 1.67.